The van der Waals surface area contributed by atoms with E-state index < -0.39 is 5.97 Å². The maximum Gasteiger partial charge on any atom is 0.335 e. The molecule has 4 heteroatoms. The minimum Gasteiger partial charge on any atom is -0.478 e. The molecule has 3 atom stereocenters. The Morgan fingerprint density at radius 2 is 2.00 bits per heavy atom. The number of hydrogen-bond donors (Lipinski definition) is 2. The third kappa shape index (κ3) is 2.57. The van der Waals surface area contributed by atoms with E-state index in [-0.39, 0.29) is 12.1 Å². The third-order valence-electron chi connectivity index (χ3n) is 5.14. The number of hydrogen-bond acceptors (Lipinski definition) is 3. The van der Waals surface area contributed by atoms with Gasteiger partial charge >= 0.3 is 5.97 Å². The van der Waals surface area contributed by atoms with Gasteiger partial charge in [0.2, 0.25) is 0 Å². The summed E-state index contributed by atoms with van der Waals surface area (Å²) < 4.78 is 6.13. The molecule has 0 unspecified atom stereocenters. The second-order valence-corrected chi connectivity index (χ2v) is 6.74. The zero-order valence-electron chi connectivity index (χ0n) is 13.7. The number of carboxylic acid groups (broad SMARTS) is 1. The number of carbonyl (C=O) groups is 1. The van der Waals surface area contributed by atoms with Crippen molar-refractivity contribution in [3.63, 3.8) is 0 Å². The van der Waals surface area contributed by atoms with E-state index in [1.54, 1.807) is 12.1 Å². The van der Waals surface area contributed by atoms with Crippen molar-refractivity contribution in [1.82, 2.24) is 0 Å². The van der Waals surface area contributed by atoms with Crippen LogP contribution in [-0.2, 0) is 4.74 Å². The van der Waals surface area contributed by atoms with Crippen LogP contribution in [0, 0.1) is 12.8 Å². The molecule has 2 aliphatic rings. The van der Waals surface area contributed by atoms with E-state index in [2.05, 4.69) is 30.4 Å². The maximum absolute atomic E-state index is 11.1. The van der Waals surface area contributed by atoms with Crippen molar-refractivity contribution >= 4 is 11.7 Å². The molecule has 0 aliphatic carbocycles. The summed E-state index contributed by atoms with van der Waals surface area (Å²) in [5.74, 6) is -0.525. The Hall–Kier alpha value is -2.33. The molecule has 1 fully saturated rings. The third-order valence-corrected chi connectivity index (χ3v) is 5.14. The van der Waals surface area contributed by atoms with Crippen LogP contribution in [-0.4, -0.2) is 17.7 Å². The summed E-state index contributed by atoms with van der Waals surface area (Å²) in [6, 6.07) is 13.8. The van der Waals surface area contributed by atoms with Gasteiger partial charge in [0.05, 0.1) is 17.7 Å². The minimum atomic E-state index is -0.891. The molecule has 0 bridgehead atoms. The molecule has 2 aromatic rings. The maximum atomic E-state index is 11.1. The van der Waals surface area contributed by atoms with Crippen molar-refractivity contribution in [2.24, 2.45) is 5.92 Å². The molecule has 4 rings (SSSR count). The van der Waals surface area contributed by atoms with Gasteiger partial charge in [0, 0.05) is 23.8 Å². The summed E-state index contributed by atoms with van der Waals surface area (Å²) in [5.41, 5.74) is 5.03. The largest absolute Gasteiger partial charge is 0.478 e. The SMILES string of the molecule is Cc1ccc2c(c1)N[C@H](c1ccc(C(=O)O)cc1)[C@H]1CCCO[C@@H]21. The van der Waals surface area contributed by atoms with Crippen LogP contribution in [0.1, 0.15) is 52.0 Å². The molecular formula is C20H21NO3. The molecule has 2 aromatic carbocycles. The van der Waals surface area contributed by atoms with Gasteiger partial charge in [-0.05, 0) is 49.1 Å². The fraction of sp³-hybridized carbons (Fsp3) is 0.350. The van der Waals surface area contributed by atoms with Gasteiger partial charge in [0.1, 0.15) is 0 Å². The van der Waals surface area contributed by atoms with Crippen LogP contribution in [0.4, 0.5) is 5.69 Å². The molecule has 2 aliphatic heterocycles. The van der Waals surface area contributed by atoms with Gasteiger partial charge in [0.25, 0.3) is 0 Å². The summed E-state index contributed by atoms with van der Waals surface area (Å²) in [6.07, 6.45) is 2.28. The first kappa shape index (κ1) is 15.2. The fourth-order valence-corrected chi connectivity index (χ4v) is 3.95. The molecule has 124 valence electrons. The van der Waals surface area contributed by atoms with Crippen LogP contribution < -0.4 is 5.32 Å². The predicted molar refractivity (Wildman–Crippen MR) is 92.4 cm³/mol. The molecule has 0 saturated carbocycles. The number of carboxylic acids is 1. The summed E-state index contributed by atoms with van der Waals surface area (Å²) in [5, 5.41) is 12.8. The van der Waals surface area contributed by atoms with E-state index in [0.717, 1.165) is 30.7 Å². The highest BCUT2D eigenvalue weighted by molar-refractivity contribution is 5.87. The van der Waals surface area contributed by atoms with Gasteiger partial charge in [-0.25, -0.2) is 4.79 Å². The molecule has 1 saturated heterocycles. The van der Waals surface area contributed by atoms with Crippen molar-refractivity contribution in [3.8, 4) is 0 Å². The molecular weight excluding hydrogens is 302 g/mol. The Kier molecular flexibility index (Phi) is 3.77. The molecule has 0 aromatic heterocycles. The van der Waals surface area contributed by atoms with E-state index >= 15 is 0 Å². The lowest BCUT2D eigenvalue weighted by molar-refractivity contribution is -0.0381. The first-order valence-electron chi connectivity index (χ1n) is 8.45. The monoisotopic (exact) mass is 323 g/mol. The number of rotatable bonds is 2. The topological polar surface area (TPSA) is 58.6 Å². The Morgan fingerprint density at radius 1 is 1.21 bits per heavy atom. The first-order valence-corrected chi connectivity index (χ1v) is 8.45. The number of benzene rings is 2. The molecule has 2 N–H and O–H groups in total. The number of aryl methyl sites for hydroxylation is 1. The van der Waals surface area contributed by atoms with Gasteiger partial charge < -0.3 is 15.2 Å². The number of anilines is 1. The second kappa shape index (κ2) is 5.95. The summed E-state index contributed by atoms with van der Waals surface area (Å²) in [6.45, 7) is 2.89. The summed E-state index contributed by atoms with van der Waals surface area (Å²) in [7, 11) is 0. The number of nitrogens with one attached hydrogen (secondary N) is 1. The normalized spacial score (nSPS) is 25.3. The molecule has 4 nitrogen and oxygen atoms in total. The Morgan fingerprint density at radius 3 is 2.75 bits per heavy atom. The van der Waals surface area contributed by atoms with Gasteiger partial charge in [-0.3, -0.25) is 0 Å². The molecule has 2 heterocycles. The lowest BCUT2D eigenvalue weighted by Crippen LogP contribution is -2.36. The summed E-state index contributed by atoms with van der Waals surface area (Å²) >= 11 is 0. The number of aromatic carboxylic acids is 1. The average molecular weight is 323 g/mol. The first-order chi connectivity index (χ1) is 11.6. The molecule has 0 spiro atoms. The van der Waals surface area contributed by atoms with E-state index in [9.17, 15) is 4.79 Å². The van der Waals surface area contributed by atoms with E-state index in [0.29, 0.717) is 11.5 Å². The second-order valence-electron chi connectivity index (χ2n) is 6.74. The number of fused-ring (bicyclic) bond motifs is 3. The lowest BCUT2D eigenvalue weighted by atomic mass is 9.77. The predicted octanol–water partition coefficient (Wildman–Crippen LogP) is 4.33. The highest BCUT2D eigenvalue weighted by atomic mass is 16.5. The standard InChI is InChI=1S/C20H21NO3/c1-12-4-9-15-17(11-12)21-18(16-3-2-10-24-19(15)16)13-5-7-14(8-6-13)20(22)23/h4-9,11,16,18-19,21H,2-3,10H2,1H3,(H,22,23)/t16-,18-,19+/m1/s1. The van der Waals surface area contributed by atoms with Gasteiger partial charge in [-0.2, -0.15) is 0 Å². The van der Waals surface area contributed by atoms with Crippen LogP contribution in [0.2, 0.25) is 0 Å². The molecule has 24 heavy (non-hydrogen) atoms. The van der Waals surface area contributed by atoms with Gasteiger partial charge in [-0.15, -0.1) is 0 Å². The van der Waals surface area contributed by atoms with Crippen LogP contribution in [0.3, 0.4) is 0 Å². The zero-order valence-corrected chi connectivity index (χ0v) is 13.7. The lowest BCUT2D eigenvalue weighted by Gasteiger charge is -2.43. The zero-order chi connectivity index (χ0) is 16.7. The van der Waals surface area contributed by atoms with E-state index in [1.165, 1.54) is 11.1 Å². The highest BCUT2D eigenvalue weighted by Gasteiger charge is 2.39. The Labute approximate surface area is 141 Å². The van der Waals surface area contributed by atoms with Crippen LogP contribution in [0.5, 0.6) is 0 Å². The summed E-state index contributed by atoms with van der Waals surface area (Å²) in [4.78, 5) is 11.1. The van der Waals surface area contributed by atoms with Crippen molar-refractivity contribution in [1.29, 1.82) is 0 Å². The van der Waals surface area contributed by atoms with Crippen molar-refractivity contribution in [3.05, 3.63) is 64.7 Å². The van der Waals surface area contributed by atoms with Gasteiger partial charge in [-0.1, -0.05) is 24.3 Å². The Bertz CT molecular complexity index is 769. The molecule has 0 radical (unpaired) electrons. The van der Waals surface area contributed by atoms with Crippen molar-refractivity contribution in [2.45, 2.75) is 31.9 Å². The van der Waals surface area contributed by atoms with Crippen LogP contribution in [0.15, 0.2) is 42.5 Å². The van der Waals surface area contributed by atoms with Gasteiger partial charge in [0.15, 0.2) is 0 Å². The smallest absolute Gasteiger partial charge is 0.335 e. The van der Waals surface area contributed by atoms with Crippen LogP contribution in [0.25, 0.3) is 0 Å². The van der Waals surface area contributed by atoms with E-state index in [4.69, 9.17) is 9.84 Å². The quantitative estimate of drug-likeness (QED) is 0.864. The average Bonchev–Trinajstić information content (AvgIpc) is 2.61. The van der Waals surface area contributed by atoms with Crippen LogP contribution >= 0.6 is 0 Å². The minimum absolute atomic E-state index is 0.111. The molecule has 0 amide bonds. The highest BCUT2D eigenvalue weighted by Crippen LogP contribution is 2.49. The Balaban J connectivity index is 1.73. The van der Waals surface area contributed by atoms with E-state index in [1.807, 2.05) is 12.1 Å². The van der Waals surface area contributed by atoms with Crippen molar-refractivity contribution < 1.29 is 14.6 Å². The fourth-order valence-electron chi connectivity index (χ4n) is 3.95. The van der Waals surface area contributed by atoms with Crippen molar-refractivity contribution in [2.75, 3.05) is 11.9 Å². The number of ether oxygens (including phenoxy) is 1.